The van der Waals surface area contributed by atoms with E-state index in [-0.39, 0.29) is 18.1 Å². The van der Waals surface area contributed by atoms with E-state index in [1.165, 1.54) is 5.56 Å². The molecule has 1 aromatic carbocycles. The Morgan fingerprint density at radius 2 is 1.95 bits per heavy atom. The number of amides is 1. The fraction of sp³-hybridized carbons (Fsp3) is 0.588. The average molecular weight is 289 g/mol. The Hall–Kier alpha value is -1.39. The third kappa shape index (κ3) is 4.05. The van der Waals surface area contributed by atoms with Crippen LogP contribution >= 0.6 is 0 Å². The van der Waals surface area contributed by atoms with Gasteiger partial charge in [0.2, 0.25) is 5.91 Å². The Bertz CT molecular complexity index is 460. The van der Waals surface area contributed by atoms with Crippen molar-refractivity contribution in [2.45, 2.75) is 44.9 Å². The van der Waals surface area contributed by atoms with Gasteiger partial charge in [0.05, 0.1) is 12.2 Å². The maximum absolute atomic E-state index is 12.5. The summed E-state index contributed by atoms with van der Waals surface area (Å²) >= 11 is 0. The summed E-state index contributed by atoms with van der Waals surface area (Å²) in [7, 11) is 4.10. The van der Waals surface area contributed by atoms with Crippen molar-refractivity contribution < 1.29 is 4.79 Å². The van der Waals surface area contributed by atoms with Gasteiger partial charge in [-0.25, -0.2) is 0 Å². The molecule has 1 aliphatic rings. The van der Waals surface area contributed by atoms with E-state index in [2.05, 4.69) is 50.3 Å². The molecular weight excluding hydrogens is 262 g/mol. The lowest BCUT2D eigenvalue weighted by atomic mass is 10.1. The van der Waals surface area contributed by atoms with Crippen molar-refractivity contribution in [2.24, 2.45) is 0 Å². The molecule has 3 unspecified atom stereocenters. The van der Waals surface area contributed by atoms with Crippen LogP contribution in [0.4, 0.5) is 0 Å². The lowest BCUT2D eigenvalue weighted by molar-refractivity contribution is -0.130. The van der Waals surface area contributed by atoms with Gasteiger partial charge in [0.15, 0.2) is 0 Å². The number of nitrogens with zero attached hydrogens (tertiary/aromatic N) is 2. The lowest BCUT2D eigenvalue weighted by Crippen LogP contribution is -2.43. The van der Waals surface area contributed by atoms with Crippen LogP contribution in [0.25, 0.3) is 0 Å². The highest BCUT2D eigenvalue weighted by Crippen LogP contribution is 2.16. The third-order valence-corrected chi connectivity index (χ3v) is 4.40. The van der Waals surface area contributed by atoms with Gasteiger partial charge in [-0.2, -0.15) is 0 Å². The molecule has 0 aromatic heterocycles. The molecule has 21 heavy (non-hydrogen) atoms. The second-order valence-electron chi connectivity index (χ2n) is 6.22. The van der Waals surface area contributed by atoms with Crippen molar-refractivity contribution in [3.63, 3.8) is 0 Å². The number of benzene rings is 1. The molecule has 1 aromatic rings. The Morgan fingerprint density at radius 1 is 1.29 bits per heavy atom. The van der Waals surface area contributed by atoms with Crippen molar-refractivity contribution >= 4 is 5.91 Å². The molecule has 1 heterocycles. The molecule has 1 aliphatic heterocycles. The summed E-state index contributed by atoms with van der Waals surface area (Å²) in [6.07, 6.45) is 1.93. The van der Waals surface area contributed by atoms with E-state index in [0.29, 0.717) is 6.04 Å². The van der Waals surface area contributed by atoms with E-state index >= 15 is 0 Å². The first-order valence-electron chi connectivity index (χ1n) is 7.76. The summed E-state index contributed by atoms with van der Waals surface area (Å²) in [5, 5.41) is 3.43. The number of likely N-dealkylation sites (N-methyl/N-ethyl adjacent to an activating group) is 1. The van der Waals surface area contributed by atoms with Gasteiger partial charge in [0.1, 0.15) is 0 Å². The van der Waals surface area contributed by atoms with Crippen LogP contribution < -0.4 is 5.32 Å². The van der Waals surface area contributed by atoms with E-state index < -0.39 is 0 Å². The standard InChI is InChI=1S/C17H27N3O/c1-13(19(3)4)12-20-14(2)18-16(17(20)21)11-10-15-8-6-5-7-9-15/h5-9,13-14,16,18H,10-12H2,1-4H3. The van der Waals surface area contributed by atoms with Crippen LogP contribution in [0.15, 0.2) is 30.3 Å². The lowest BCUT2D eigenvalue weighted by Gasteiger charge is -2.28. The van der Waals surface area contributed by atoms with Gasteiger partial charge in [0.25, 0.3) is 0 Å². The summed E-state index contributed by atoms with van der Waals surface area (Å²) in [6, 6.07) is 10.7. The maximum Gasteiger partial charge on any atom is 0.241 e. The minimum Gasteiger partial charge on any atom is -0.325 e. The fourth-order valence-electron chi connectivity index (χ4n) is 2.70. The molecule has 3 atom stereocenters. The Morgan fingerprint density at radius 3 is 2.57 bits per heavy atom. The predicted octanol–water partition coefficient (Wildman–Crippen LogP) is 1.72. The minimum atomic E-state index is -0.0467. The van der Waals surface area contributed by atoms with Gasteiger partial charge in [-0.1, -0.05) is 30.3 Å². The topological polar surface area (TPSA) is 35.6 Å². The van der Waals surface area contributed by atoms with Crippen LogP contribution in [-0.4, -0.2) is 54.6 Å². The number of carbonyl (C=O) groups is 1. The van der Waals surface area contributed by atoms with Crippen LogP contribution in [-0.2, 0) is 11.2 Å². The van der Waals surface area contributed by atoms with E-state index in [1.54, 1.807) is 0 Å². The first-order valence-corrected chi connectivity index (χ1v) is 7.76. The number of carbonyl (C=O) groups excluding carboxylic acids is 1. The quantitative estimate of drug-likeness (QED) is 0.866. The second kappa shape index (κ2) is 7.05. The first kappa shape index (κ1) is 16.0. The van der Waals surface area contributed by atoms with Gasteiger partial charge in [-0.15, -0.1) is 0 Å². The molecule has 4 nitrogen and oxygen atoms in total. The predicted molar refractivity (Wildman–Crippen MR) is 86.0 cm³/mol. The summed E-state index contributed by atoms with van der Waals surface area (Å²) < 4.78 is 0. The zero-order valence-electron chi connectivity index (χ0n) is 13.5. The van der Waals surface area contributed by atoms with Crippen LogP contribution in [0.3, 0.4) is 0 Å². The summed E-state index contributed by atoms with van der Waals surface area (Å²) in [5.74, 6) is 0.243. The van der Waals surface area contributed by atoms with Crippen molar-refractivity contribution in [2.75, 3.05) is 20.6 Å². The number of rotatable bonds is 6. The Kier molecular flexibility index (Phi) is 5.37. The van der Waals surface area contributed by atoms with Gasteiger partial charge >= 0.3 is 0 Å². The molecule has 116 valence electrons. The normalized spacial score (nSPS) is 23.9. The molecule has 1 saturated heterocycles. The second-order valence-corrected chi connectivity index (χ2v) is 6.22. The van der Waals surface area contributed by atoms with Crippen LogP contribution in [0, 0.1) is 0 Å². The molecule has 0 spiro atoms. The van der Waals surface area contributed by atoms with E-state index in [4.69, 9.17) is 0 Å². The highest BCUT2D eigenvalue weighted by atomic mass is 16.2. The average Bonchev–Trinajstić information content (AvgIpc) is 2.73. The monoisotopic (exact) mass is 289 g/mol. The SMILES string of the molecule is CC(CN1C(=O)C(CCc2ccccc2)NC1C)N(C)C. The highest BCUT2D eigenvalue weighted by molar-refractivity contribution is 5.84. The Balaban J connectivity index is 1.90. The zero-order chi connectivity index (χ0) is 15.4. The van der Waals surface area contributed by atoms with E-state index in [9.17, 15) is 4.79 Å². The number of nitrogens with one attached hydrogen (secondary N) is 1. The molecule has 1 fully saturated rings. The molecular formula is C17H27N3O. The molecule has 4 heteroatoms. The van der Waals surface area contributed by atoms with Gasteiger partial charge in [0, 0.05) is 12.6 Å². The first-order chi connectivity index (χ1) is 9.99. The minimum absolute atomic E-state index is 0.0467. The smallest absolute Gasteiger partial charge is 0.241 e. The molecule has 1 amide bonds. The molecule has 0 radical (unpaired) electrons. The van der Waals surface area contributed by atoms with E-state index in [1.807, 2.05) is 23.1 Å². The molecule has 0 aliphatic carbocycles. The number of aryl methyl sites for hydroxylation is 1. The largest absolute Gasteiger partial charge is 0.325 e. The van der Waals surface area contributed by atoms with Crippen LogP contribution in [0.1, 0.15) is 25.8 Å². The van der Waals surface area contributed by atoms with Crippen molar-refractivity contribution in [1.82, 2.24) is 15.1 Å². The van der Waals surface area contributed by atoms with Gasteiger partial charge in [-0.05, 0) is 46.3 Å². The zero-order valence-corrected chi connectivity index (χ0v) is 13.5. The van der Waals surface area contributed by atoms with Crippen LogP contribution in [0.2, 0.25) is 0 Å². The Labute approximate surface area is 128 Å². The maximum atomic E-state index is 12.5. The highest BCUT2D eigenvalue weighted by Gasteiger charge is 2.36. The van der Waals surface area contributed by atoms with Crippen molar-refractivity contribution in [3.8, 4) is 0 Å². The molecule has 0 saturated carbocycles. The molecule has 0 bridgehead atoms. The molecule has 2 rings (SSSR count). The molecule has 1 N–H and O–H groups in total. The number of hydrogen-bond donors (Lipinski definition) is 1. The third-order valence-electron chi connectivity index (χ3n) is 4.40. The van der Waals surface area contributed by atoms with E-state index in [0.717, 1.165) is 19.4 Å². The van der Waals surface area contributed by atoms with Gasteiger partial charge < -0.3 is 9.80 Å². The summed E-state index contributed by atoms with van der Waals surface area (Å²) in [6.45, 7) is 5.00. The van der Waals surface area contributed by atoms with Gasteiger partial charge in [-0.3, -0.25) is 10.1 Å². The van der Waals surface area contributed by atoms with Crippen molar-refractivity contribution in [1.29, 1.82) is 0 Å². The van der Waals surface area contributed by atoms with Crippen LogP contribution in [0.5, 0.6) is 0 Å². The number of hydrogen-bond acceptors (Lipinski definition) is 3. The van der Waals surface area contributed by atoms with Crippen molar-refractivity contribution in [3.05, 3.63) is 35.9 Å². The summed E-state index contributed by atoms with van der Waals surface area (Å²) in [5.41, 5.74) is 1.29. The fourth-order valence-corrected chi connectivity index (χ4v) is 2.70. The summed E-state index contributed by atoms with van der Waals surface area (Å²) in [4.78, 5) is 16.7.